The first-order valence-electron chi connectivity index (χ1n) is 6.42. The minimum absolute atomic E-state index is 0.0848. The van der Waals surface area contributed by atoms with Crippen molar-refractivity contribution in [2.75, 3.05) is 20.1 Å². The van der Waals surface area contributed by atoms with Gasteiger partial charge in [-0.1, -0.05) is 19.4 Å². The Bertz CT molecular complexity index is 424. The SMILES string of the molecule is CCCCNC(=O)CN(C)Cc1ccc(F)cc1F. The van der Waals surface area contributed by atoms with Gasteiger partial charge in [-0.2, -0.15) is 0 Å². The van der Waals surface area contributed by atoms with Gasteiger partial charge in [-0.15, -0.1) is 0 Å². The Morgan fingerprint density at radius 3 is 2.74 bits per heavy atom. The predicted molar refractivity (Wildman–Crippen MR) is 70.6 cm³/mol. The van der Waals surface area contributed by atoms with Crippen molar-refractivity contribution in [1.29, 1.82) is 0 Å². The lowest BCUT2D eigenvalue weighted by Gasteiger charge is -2.16. The fourth-order valence-corrected chi connectivity index (χ4v) is 1.70. The van der Waals surface area contributed by atoms with E-state index in [0.717, 1.165) is 18.9 Å². The number of amides is 1. The van der Waals surface area contributed by atoms with Crippen LogP contribution in [0.5, 0.6) is 0 Å². The van der Waals surface area contributed by atoms with Gasteiger partial charge in [0.2, 0.25) is 5.91 Å². The fraction of sp³-hybridized carbons (Fsp3) is 0.500. The molecular formula is C14H20F2N2O. The Labute approximate surface area is 112 Å². The summed E-state index contributed by atoms with van der Waals surface area (Å²) in [7, 11) is 1.72. The normalized spacial score (nSPS) is 10.8. The Kier molecular flexibility index (Phi) is 6.42. The third-order valence-corrected chi connectivity index (χ3v) is 2.72. The predicted octanol–water partition coefficient (Wildman–Crippen LogP) is 2.31. The number of halogens is 2. The van der Waals surface area contributed by atoms with Gasteiger partial charge < -0.3 is 5.32 Å². The molecule has 0 heterocycles. The van der Waals surface area contributed by atoms with Gasteiger partial charge in [0.15, 0.2) is 0 Å². The van der Waals surface area contributed by atoms with E-state index in [2.05, 4.69) is 12.2 Å². The summed E-state index contributed by atoms with van der Waals surface area (Å²) in [4.78, 5) is 13.2. The number of rotatable bonds is 7. The molecule has 0 atom stereocenters. The Hall–Kier alpha value is -1.49. The summed E-state index contributed by atoms with van der Waals surface area (Å²) in [6.07, 6.45) is 1.97. The van der Waals surface area contributed by atoms with Gasteiger partial charge in [-0.05, 0) is 19.5 Å². The van der Waals surface area contributed by atoms with Crippen molar-refractivity contribution >= 4 is 5.91 Å². The zero-order valence-corrected chi connectivity index (χ0v) is 11.4. The van der Waals surface area contributed by atoms with Gasteiger partial charge in [-0.3, -0.25) is 9.69 Å². The molecule has 106 valence electrons. The number of hydrogen-bond acceptors (Lipinski definition) is 2. The van der Waals surface area contributed by atoms with Crippen LogP contribution in [0.2, 0.25) is 0 Å². The van der Waals surface area contributed by atoms with Crippen molar-refractivity contribution in [2.24, 2.45) is 0 Å². The van der Waals surface area contributed by atoms with Crippen LogP contribution in [0, 0.1) is 11.6 Å². The quantitative estimate of drug-likeness (QED) is 0.771. The second kappa shape index (κ2) is 7.84. The van der Waals surface area contributed by atoms with Crippen molar-refractivity contribution in [3.8, 4) is 0 Å². The smallest absolute Gasteiger partial charge is 0.234 e. The summed E-state index contributed by atoms with van der Waals surface area (Å²) in [5.41, 5.74) is 0.380. The highest BCUT2D eigenvalue weighted by molar-refractivity contribution is 5.77. The third kappa shape index (κ3) is 5.79. The molecule has 1 aromatic rings. The number of benzene rings is 1. The first-order chi connectivity index (χ1) is 9.02. The number of carbonyl (C=O) groups excluding carboxylic acids is 1. The number of nitrogens with one attached hydrogen (secondary N) is 1. The zero-order valence-electron chi connectivity index (χ0n) is 11.4. The summed E-state index contributed by atoms with van der Waals surface area (Å²) in [6, 6.07) is 3.47. The van der Waals surface area contributed by atoms with Crippen LogP contribution >= 0.6 is 0 Å². The lowest BCUT2D eigenvalue weighted by atomic mass is 10.2. The van der Waals surface area contributed by atoms with E-state index in [1.54, 1.807) is 11.9 Å². The second-order valence-corrected chi connectivity index (χ2v) is 4.61. The van der Waals surface area contributed by atoms with Crippen molar-refractivity contribution < 1.29 is 13.6 Å². The van der Waals surface area contributed by atoms with Crippen LogP contribution in [0.4, 0.5) is 8.78 Å². The van der Waals surface area contributed by atoms with Crippen molar-refractivity contribution in [3.05, 3.63) is 35.4 Å². The summed E-state index contributed by atoms with van der Waals surface area (Å²) >= 11 is 0. The van der Waals surface area contributed by atoms with Crippen molar-refractivity contribution in [3.63, 3.8) is 0 Å². The van der Waals surface area contributed by atoms with E-state index < -0.39 is 11.6 Å². The molecule has 5 heteroatoms. The first kappa shape index (κ1) is 15.6. The number of nitrogens with zero attached hydrogens (tertiary/aromatic N) is 1. The lowest BCUT2D eigenvalue weighted by molar-refractivity contribution is -0.122. The highest BCUT2D eigenvalue weighted by Gasteiger charge is 2.10. The summed E-state index contributed by atoms with van der Waals surface area (Å²) in [6.45, 7) is 3.18. The molecular weight excluding hydrogens is 250 g/mol. The van der Waals surface area contributed by atoms with E-state index >= 15 is 0 Å². The standard InChI is InChI=1S/C14H20F2N2O/c1-3-4-7-17-14(19)10-18(2)9-11-5-6-12(15)8-13(11)16/h5-6,8H,3-4,7,9-10H2,1-2H3,(H,17,19). The van der Waals surface area contributed by atoms with Gasteiger partial charge in [0.1, 0.15) is 11.6 Å². The van der Waals surface area contributed by atoms with Gasteiger partial charge in [0, 0.05) is 24.7 Å². The van der Waals surface area contributed by atoms with Crippen LogP contribution in [0.15, 0.2) is 18.2 Å². The molecule has 1 amide bonds. The molecule has 19 heavy (non-hydrogen) atoms. The average molecular weight is 270 g/mol. The molecule has 0 aliphatic rings. The van der Waals surface area contributed by atoms with Crippen LogP contribution in [-0.2, 0) is 11.3 Å². The maximum absolute atomic E-state index is 13.4. The Morgan fingerprint density at radius 2 is 2.11 bits per heavy atom. The average Bonchev–Trinajstić information content (AvgIpc) is 2.33. The van der Waals surface area contributed by atoms with Gasteiger partial charge >= 0.3 is 0 Å². The summed E-state index contributed by atoms with van der Waals surface area (Å²) in [5.74, 6) is -1.27. The third-order valence-electron chi connectivity index (χ3n) is 2.72. The number of likely N-dealkylation sites (N-methyl/N-ethyl adjacent to an activating group) is 1. The molecule has 0 aromatic heterocycles. The molecule has 3 nitrogen and oxygen atoms in total. The minimum atomic E-state index is -0.596. The molecule has 0 aliphatic heterocycles. The molecule has 0 saturated carbocycles. The number of unbranched alkanes of at least 4 members (excludes halogenated alkanes) is 1. The maximum Gasteiger partial charge on any atom is 0.234 e. The molecule has 0 saturated heterocycles. The molecule has 0 radical (unpaired) electrons. The molecule has 0 fully saturated rings. The van der Waals surface area contributed by atoms with E-state index in [9.17, 15) is 13.6 Å². The van der Waals surface area contributed by atoms with E-state index in [1.807, 2.05) is 0 Å². The molecule has 0 aliphatic carbocycles. The Morgan fingerprint density at radius 1 is 1.37 bits per heavy atom. The monoisotopic (exact) mass is 270 g/mol. The van der Waals surface area contributed by atoms with Crippen LogP contribution in [0.1, 0.15) is 25.3 Å². The lowest BCUT2D eigenvalue weighted by Crippen LogP contribution is -2.35. The topological polar surface area (TPSA) is 32.3 Å². The van der Waals surface area contributed by atoms with Crippen molar-refractivity contribution in [1.82, 2.24) is 10.2 Å². The minimum Gasteiger partial charge on any atom is -0.355 e. The highest BCUT2D eigenvalue weighted by atomic mass is 19.1. The van der Waals surface area contributed by atoms with Crippen LogP contribution in [-0.4, -0.2) is 30.9 Å². The Balaban J connectivity index is 2.42. The molecule has 0 spiro atoms. The van der Waals surface area contributed by atoms with E-state index in [1.165, 1.54) is 12.1 Å². The summed E-state index contributed by atoms with van der Waals surface area (Å²) < 4.78 is 26.2. The van der Waals surface area contributed by atoms with E-state index in [0.29, 0.717) is 12.1 Å². The van der Waals surface area contributed by atoms with Gasteiger partial charge in [0.05, 0.1) is 6.54 Å². The second-order valence-electron chi connectivity index (χ2n) is 4.61. The first-order valence-corrected chi connectivity index (χ1v) is 6.42. The zero-order chi connectivity index (χ0) is 14.3. The van der Waals surface area contributed by atoms with Gasteiger partial charge in [-0.25, -0.2) is 8.78 Å². The number of carbonyl (C=O) groups is 1. The van der Waals surface area contributed by atoms with E-state index in [-0.39, 0.29) is 19.0 Å². The number of hydrogen-bond donors (Lipinski definition) is 1. The maximum atomic E-state index is 13.4. The molecule has 1 aromatic carbocycles. The van der Waals surface area contributed by atoms with Gasteiger partial charge in [0.25, 0.3) is 0 Å². The van der Waals surface area contributed by atoms with Crippen LogP contribution < -0.4 is 5.32 Å². The van der Waals surface area contributed by atoms with E-state index in [4.69, 9.17) is 0 Å². The highest BCUT2D eigenvalue weighted by Crippen LogP contribution is 2.11. The summed E-state index contributed by atoms with van der Waals surface area (Å²) in [5, 5.41) is 2.79. The van der Waals surface area contributed by atoms with Crippen LogP contribution in [0.3, 0.4) is 0 Å². The molecule has 1 N–H and O–H groups in total. The molecule has 0 bridgehead atoms. The van der Waals surface area contributed by atoms with Crippen molar-refractivity contribution in [2.45, 2.75) is 26.3 Å². The molecule has 1 rings (SSSR count). The fourth-order valence-electron chi connectivity index (χ4n) is 1.70. The molecule has 0 unspecified atom stereocenters. The van der Waals surface area contributed by atoms with Crippen LogP contribution in [0.25, 0.3) is 0 Å². The largest absolute Gasteiger partial charge is 0.355 e.